The molecule has 2 N–H and O–H groups in total. The summed E-state index contributed by atoms with van der Waals surface area (Å²) in [4.78, 5) is 11.7. The van der Waals surface area contributed by atoms with Crippen LogP contribution in [0.1, 0.15) is 11.1 Å². The van der Waals surface area contributed by atoms with Crippen LogP contribution < -0.4 is 10.6 Å². The Morgan fingerprint density at radius 1 is 1.10 bits per heavy atom. The van der Waals surface area contributed by atoms with E-state index < -0.39 is 11.6 Å². The van der Waals surface area contributed by atoms with Gasteiger partial charge in [-0.3, -0.25) is 4.79 Å². The van der Waals surface area contributed by atoms with Crippen LogP contribution in [0.4, 0.5) is 14.5 Å². The van der Waals surface area contributed by atoms with Gasteiger partial charge in [0.05, 0.1) is 6.54 Å². The molecule has 2 aromatic carbocycles. The van der Waals surface area contributed by atoms with Gasteiger partial charge < -0.3 is 10.6 Å². The summed E-state index contributed by atoms with van der Waals surface area (Å²) in [6, 6.07) is 11.2. The molecule has 0 radical (unpaired) electrons. The minimum absolute atomic E-state index is 0.00309. The Balaban J connectivity index is 1.80. The fourth-order valence-electron chi connectivity index (χ4n) is 1.87. The molecule has 2 rings (SSSR count). The molecule has 2 aromatic rings. The Kier molecular flexibility index (Phi) is 4.87. The van der Waals surface area contributed by atoms with Crippen molar-refractivity contribution < 1.29 is 13.6 Å². The van der Waals surface area contributed by atoms with Crippen LogP contribution in [0.25, 0.3) is 0 Å². The highest BCUT2D eigenvalue weighted by atomic mass is 19.2. The number of anilines is 1. The molecule has 0 atom stereocenters. The van der Waals surface area contributed by atoms with Gasteiger partial charge in [0.15, 0.2) is 11.6 Å². The summed E-state index contributed by atoms with van der Waals surface area (Å²) < 4.78 is 25.8. The summed E-state index contributed by atoms with van der Waals surface area (Å²) >= 11 is 0. The molecule has 110 valence electrons. The zero-order valence-corrected chi connectivity index (χ0v) is 11.6. The van der Waals surface area contributed by atoms with Gasteiger partial charge in [-0.25, -0.2) is 8.78 Å². The van der Waals surface area contributed by atoms with Crippen molar-refractivity contribution in [2.24, 2.45) is 0 Å². The monoisotopic (exact) mass is 290 g/mol. The quantitative estimate of drug-likeness (QED) is 0.889. The maximum absolute atomic E-state index is 13.0. The number of benzene rings is 2. The first kappa shape index (κ1) is 15.0. The van der Waals surface area contributed by atoms with E-state index in [9.17, 15) is 13.6 Å². The number of hydrogen-bond donors (Lipinski definition) is 2. The van der Waals surface area contributed by atoms with Crippen molar-refractivity contribution in [2.45, 2.75) is 13.5 Å². The molecule has 0 unspecified atom stereocenters. The topological polar surface area (TPSA) is 41.1 Å². The molecule has 0 heterocycles. The summed E-state index contributed by atoms with van der Waals surface area (Å²) in [5, 5.41) is 5.49. The number of halogens is 2. The van der Waals surface area contributed by atoms with Crippen molar-refractivity contribution in [1.82, 2.24) is 5.32 Å². The molecule has 0 aliphatic rings. The SMILES string of the molecule is Cc1cccc(CNC(=O)CNc2ccc(F)c(F)c2)c1. The lowest BCUT2D eigenvalue weighted by molar-refractivity contribution is -0.119. The molecule has 3 nitrogen and oxygen atoms in total. The van der Waals surface area contributed by atoms with Gasteiger partial charge in [0.1, 0.15) is 0 Å². The third-order valence-corrected chi connectivity index (χ3v) is 2.94. The Hall–Kier alpha value is -2.43. The fraction of sp³-hybridized carbons (Fsp3) is 0.188. The minimum atomic E-state index is -0.944. The number of amides is 1. The van der Waals surface area contributed by atoms with Crippen LogP contribution >= 0.6 is 0 Å². The third kappa shape index (κ3) is 4.56. The molecular weight excluding hydrogens is 274 g/mol. The Morgan fingerprint density at radius 3 is 2.62 bits per heavy atom. The van der Waals surface area contributed by atoms with Crippen LogP contribution in [-0.2, 0) is 11.3 Å². The average Bonchev–Trinajstić information content (AvgIpc) is 2.46. The van der Waals surface area contributed by atoms with E-state index in [1.807, 2.05) is 31.2 Å². The number of carbonyl (C=O) groups is 1. The molecule has 0 saturated heterocycles. The van der Waals surface area contributed by atoms with E-state index >= 15 is 0 Å². The maximum Gasteiger partial charge on any atom is 0.239 e. The second kappa shape index (κ2) is 6.83. The summed E-state index contributed by atoms with van der Waals surface area (Å²) in [6.07, 6.45) is 0. The molecule has 0 bridgehead atoms. The van der Waals surface area contributed by atoms with Crippen molar-refractivity contribution in [1.29, 1.82) is 0 Å². The summed E-state index contributed by atoms with van der Waals surface area (Å²) in [5.41, 5.74) is 2.50. The van der Waals surface area contributed by atoms with Crippen molar-refractivity contribution in [3.63, 3.8) is 0 Å². The molecule has 21 heavy (non-hydrogen) atoms. The molecule has 0 fully saturated rings. The molecule has 0 saturated carbocycles. The lowest BCUT2D eigenvalue weighted by Crippen LogP contribution is -2.29. The number of aryl methyl sites for hydroxylation is 1. The zero-order chi connectivity index (χ0) is 15.2. The lowest BCUT2D eigenvalue weighted by Gasteiger charge is -2.08. The van der Waals surface area contributed by atoms with Gasteiger partial charge in [0.25, 0.3) is 0 Å². The first-order valence-electron chi connectivity index (χ1n) is 6.56. The fourth-order valence-corrected chi connectivity index (χ4v) is 1.87. The highest BCUT2D eigenvalue weighted by molar-refractivity contribution is 5.80. The molecule has 0 aromatic heterocycles. The van der Waals surface area contributed by atoms with E-state index in [1.165, 1.54) is 6.07 Å². The van der Waals surface area contributed by atoms with Gasteiger partial charge in [0.2, 0.25) is 5.91 Å². The maximum atomic E-state index is 13.0. The Morgan fingerprint density at radius 2 is 1.90 bits per heavy atom. The van der Waals surface area contributed by atoms with Crippen LogP contribution in [0.15, 0.2) is 42.5 Å². The van der Waals surface area contributed by atoms with Crippen LogP contribution in [0.3, 0.4) is 0 Å². The zero-order valence-electron chi connectivity index (χ0n) is 11.6. The van der Waals surface area contributed by atoms with Crippen LogP contribution in [-0.4, -0.2) is 12.5 Å². The molecule has 0 aliphatic carbocycles. The summed E-state index contributed by atoms with van der Waals surface area (Å²) in [5.74, 6) is -2.08. The van der Waals surface area contributed by atoms with E-state index in [0.717, 1.165) is 23.3 Å². The van der Waals surface area contributed by atoms with Crippen molar-refractivity contribution in [3.05, 3.63) is 65.2 Å². The number of hydrogen-bond acceptors (Lipinski definition) is 2. The van der Waals surface area contributed by atoms with Crippen LogP contribution in [0.2, 0.25) is 0 Å². The van der Waals surface area contributed by atoms with E-state index in [0.29, 0.717) is 12.2 Å². The van der Waals surface area contributed by atoms with Crippen LogP contribution in [0.5, 0.6) is 0 Å². The van der Waals surface area contributed by atoms with Gasteiger partial charge in [-0.15, -0.1) is 0 Å². The Labute approximate surface area is 122 Å². The first-order chi connectivity index (χ1) is 10.0. The highest BCUT2D eigenvalue weighted by Gasteiger charge is 2.04. The van der Waals surface area contributed by atoms with E-state index in [1.54, 1.807) is 0 Å². The smallest absolute Gasteiger partial charge is 0.239 e. The van der Waals surface area contributed by atoms with Crippen LogP contribution in [0, 0.1) is 18.6 Å². The van der Waals surface area contributed by atoms with Gasteiger partial charge in [-0.2, -0.15) is 0 Å². The number of nitrogens with one attached hydrogen (secondary N) is 2. The summed E-state index contributed by atoms with van der Waals surface area (Å²) in [7, 11) is 0. The van der Waals surface area contributed by atoms with Gasteiger partial charge in [0, 0.05) is 18.3 Å². The van der Waals surface area contributed by atoms with E-state index in [4.69, 9.17) is 0 Å². The van der Waals surface area contributed by atoms with Crippen molar-refractivity contribution in [3.8, 4) is 0 Å². The second-order valence-corrected chi connectivity index (χ2v) is 4.75. The minimum Gasteiger partial charge on any atom is -0.376 e. The molecule has 1 amide bonds. The van der Waals surface area contributed by atoms with Gasteiger partial charge in [-0.05, 0) is 24.6 Å². The average molecular weight is 290 g/mol. The van der Waals surface area contributed by atoms with Crippen molar-refractivity contribution >= 4 is 11.6 Å². The predicted molar refractivity (Wildman–Crippen MR) is 77.9 cm³/mol. The molecule has 5 heteroatoms. The van der Waals surface area contributed by atoms with Gasteiger partial charge >= 0.3 is 0 Å². The molecular formula is C16H16F2N2O. The first-order valence-corrected chi connectivity index (χ1v) is 6.56. The largest absolute Gasteiger partial charge is 0.376 e. The molecule has 0 spiro atoms. The summed E-state index contributed by atoms with van der Waals surface area (Å²) in [6.45, 7) is 2.41. The highest BCUT2D eigenvalue weighted by Crippen LogP contribution is 2.12. The van der Waals surface area contributed by atoms with E-state index in [-0.39, 0.29) is 12.5 Å². The molecule has 0 aliphatic heterocycles. The third-order valence-electron chi connectivity index (χ3n) is 2.94. The number of carbonyl (C=O) groups excluding carboxylic acids is 1. The number of rotatable bonds is 5. The second-order valence-electron chi connectivity index (χ2n) is 4.75. The van der Waals surface area contributed by atoms with Crippen molar-refractivity contribution in [2.75, 3.05) is 11.9 Å². The Bertz CT molecular complexity index is 644. The van der Waals surface area contributed by atoms with E-state index in [2.05, 4.69) is 10.6 Å². The standard InChI is InChI=1S/C16H16F2N2O/c1-11-3-2-4-12(7-11)9-20-16(21)10-19-13-5-6-14(17)15(18)8-13/h2-8,19H,9-10H2,1H3,(H,20,21). The van der Waals surface area contributed by atoms with Gasteiger partial charge in [-0.1, -0.05) is 29.8 Å². The lowest BCUT2D eigenvalue weighted by atomic mass is 10.1. The predicted octanol–water partition coefficient (Wildman–Crippen LogP) is 3.00. The normalized spacial score (nSPS) is 10.2.